The number of rotatable bonds is 17. The molecule has 2 heteroatoms. The van der Waals surface area contributed by atoms with Crippen molar-refractivity contribution in [3.8, 4) is 0 Å². The molecular formula is C37H58BN. The highest BCUT2D eigenvalue weighted by molar-refractivity contribution is 7.11. The highest BCUT2D eigenvalue weighted by atomic mass is 15.3. The van der Waals surface area contributed by atoms with Gasteiger partial charge in [-0.1, -0.05) is 169 Å². The number of quaternary nitrogens is 1. The number of nitrogens with zero attached hydrogens (tertiary/aromatic N) is 1. The molecule has 0 fully saturated rings. The fourth-order valence-corrected chi connectivity index (χ4v) is 6.02. The topological polar surface area (TPSA) is 0 Å². The zero-order valence-corrected chi connectivity index (χ0v) is 26.1. The molecule has 0 N–H and O–H groups in total. The number of benzene rings is 3. The number of unbranched alkanes of at least 4 members (excludes halogenated alkanes) is 10. The molecule has 0 bridgehead atoms. The molecule has 0 unspecified atom stereocenters. The quantitative estimate of drug-likeness (QED) is 0.0937. The van der Waals surface area contributed by atoms with Crippen molar-refractivity contribution in [1.82, 2.24) is 0 Å². The molecule has 0 amide bonds. The van der Waals surface area contributed by atoms with Crippen LogP contribution < -0.4 is 16.4 Å². The molecule has 0 radical (unpaired) electrons. The summed E-state index contributed by atoms with van der Waals surface area (Å²) >= 11 is 0. The van der Waals surface area contributed by atoms with Gasteiger partial charge in [0.2, 0.25) is 0 Å². The minimum Gasteiger partial charge on any atom is -0.331 e. The summed E-state index contributed by atoms with van der Waals surface area (Å²) in [7, 11) is 6.81. The van der Waals surface area contributed by atoms with Crippen LogP contribution in [0.2, 0.25) is 6.32 Å². The Labute approximate surface area is 242 Å². The Morgan fingerprint density at radius 1 is 0.436 bits per heavy atom. The number of hydrogen-bond donors (Lipinski definition) is 0. The van der Waals surface area contributed by atoms with Crippen LogP contribution in [0.3, 0.4) is 0 Å². The van der Waals surface area contributed by atoms with Gasteiger partial charge in [-0.2, -0.15) is 22.7 Å². The van der Waals surface area contributed by atoms with E-state index in [0.717, 1.165) is 4.48 Å². The molecule has 0 heterocycles. The zero-order valence-electron chi connectivity index (χ0n) is 26.1. The predicted molar refractivity (Wildman–Crippen MR) is 178 cm³/mol. The van der Waals surface area contributed by atoms with E-state index in [9.17, 15) is 0 Å². The van der Waals surface area contributed by atoms with E-state index < -0.39 is 6.15 Å². The Morgan fingerprint density at radius 2 is 0.769 bits per heavy atom. The van der Waals surface area contributed by atoms with Gasteiger partial charge in [-0.3, -0.25) is 0 Å². The first kappa shape index (κ1) is 32.9. The lowest BCUT2D eigenvalue weighted by atomic mass is 9.14. The lowest BCUT2D eigenvalue weighted by Crippen LogP contribution is -2.66. The van der Waals surface area contributed by atoms with Gasteiger partial charge in [0.05, 0.1) is 33.8 Å². The molecular weight excluding hydrogens is 469 g/mol. The SMILES string of the molecule is CCCCCCCC[B-](c1ccccc1)(c1ccccc1)c1ccccc1.CCCCCCCC[N+](C)(C)C. The van der Waals surface area contributed by atoms with E-state index in [1.165, 1.54) is 106 Å². The Hall–Kier alpha value is -2.32. The summed E-state index contributed by atoms with van der Waals surface area (Å²) in [5, 5.41) is 0. The predicted octanol–water partition coefficient (Wildman–Crippen LogP) is 8.57. The van der Waals surface area contributed by atoms with Crippen LogP contribution in [0.25, 0.3) is 0 Å². The van der Waals surface area contributed by atoms with Crippen molar-refractivity contribution in [3.05, 3.63) is 91.0 Å². The summed E-state index contributed by atoms with van der Waals surface area (Å²) in [6, 6.07) is 33.5. The van der Waals surface area contributed by atoms with Gasteiger partial charge in [-0.15, -0.1) is 0 Å². The molecule has 3 rings (SSSR count). The van der Waals surface area contributed by atoms with Gasteiger partial charge in [-0.25, -0.2) is 0 Å². The second-order valence-electron chi connectivity index (χ2n) is 12.6. The van der Waals surface area contributed by atoms with Crippen molar-refractivity contribution >= 4 is 22.5 Å². The summed E-state index contributed by atoms with van der Waals surface area (Å²) in [6.07, 6.45) is 16.8. The molecule has 3 aromatic rings. The Morgan fingerprint density at radius 3 is 1.13 bits per heavy atom. The third kappa shape index (κ3) is 12.2. The largest absolute Gasteiger partial charge is 0.331 e. The maximum atomic E-state index is 2.33. The molecule has 0 aliphatic rings. The lowest BCUT2D eigenvalue weighted by molar-refractivity contribution is -0.870. The van der Waals surface area contributed by atoms with Crippen LogP contribution in [0.5, 0.6) is 0 Å². The fraction of sp³-hybridized carbons (Fsp3) is 0.514. The molecule has 0 aromatic heterocycles. The third-order valence-electron chi connectivity index (χ3n) is 8.28. The minimum absolute atomic E-state index is 0.938. The summed E-state index contributed by atoms with van der Waals surface area (Å²) in [5.41, 5.74) is 4.38. The Bertz CT molecular complexity index is 866. The van der Waals surface area contributed by atoms with Crippen LogP contribution in [0.1, 0.15) is 90.9 Å². The molecule has 0 saturated heterocycles. The van der Waals surface area contributed by atoms with Crippen molar-refractivity contribution in [3.63, 3.8) is 0 Å². The van der Waals surface area contributed by atoms with Crippen molar-refractivity contribution in [2.45, 2.75) is 97.2 Å². The molecule has 0 spiro atoms. The van der Waals surface area contributed by atoms with Crippen LogP contribution in [-0.4, -0.2) is 38.3 Å². The average Bonchev–Trinajstić information content (AvgIpc) is 2.96. The second-order valence-corrected chi connectivity index (χ2v) is 12.6. The molecule has 3 aromatic carbocycles. The van der Waals surface area contributed by atoms with E-state index in [2.05, 4.69) is 126 Å². The highest BCUT2D eigenvalue weighted by Crippen LogP contribution is 2.18. The highest BCUT2D eigenvalue weighted by Gasteiger charge is 2.29. The molecule has 0 aliphatic heterocycles. The first-order valence-electron chi connectivity index (χ1n) is 16.1. The minimum atomic E-state index is -0.938. The summed E-state index contributed by atoms with van der Waals surface area (Å²) in [6.45, 7) is 5.88. The molecule has 39 heavy (non-hydrogen) atoms. The van der Waals surface area contributed by atoms with Gasteiger partial charge in [0.25, 0.3) is 0 Å². The van der Waals surface area contributed by atoms with Crippen molar-refractivity contribution < 1.29 is 4.48 Å². The van der Waals surface area contributed by atoms with Gasteiger partial charge >= 0.3 is 0 Å². The van der Waals surface area contributed by atoms with Crippen molar-refractivity contribution in [2.75, 3.05) is 27.7 Å². The van der Waals surface area contributed by atoms with E-state index in [1.54, 1.807) is 0 Å². The normalized spacial score (nSPS) is 11.6. The van der Waals surface area contributed by atoms with Crippen LogP contribution in [0.4, 0.5) is 0 Å². The molecule has 0 aliphatic carbocycles. The van der Waals surface area contributed by atoms with E-state index in [4.69, 9.17) is 0 Å². The van der Waals surface area contributed by atoms with E-state index in [1.807, 2.05) is 0 Å². The number of hydrogen-bond acceptors (Lipinski definition) is 0. The lowest BCUT2D eigenvalue weighted by Gasteiger charge is -2.43. The van der Waals surface area contributed by atoms with Gasteiger partial charge in [0.1, 0.15) is 0 Å². The standard InChI is InChI=1S/C26H32B.C11H26N/c1-2-3-4-5-6-16-23-27(24-17-10-7-11-18-24,25-19-12-8-13-20-25)26-21-14-9-15-22-26;1-5-6-7-8-9-10-11-12(2,3)4/h7-15,17-22H,2-6,16,23H2,1H3;5-11H2,1-4H3/q-1;+1. The molecule has 0 saturated carbocycles. The van der Waals surface area contributed by atoms with Crippen LogP contribution in [0, 0.1) is 0 Å². The molecule has 1 nitrogen and oxygen atoms in total. The first-order chi connectivity index (χ1) is 18.9. The third-order valence-corrected chi connectivity index (χ3v) is 8.28. The van der Waals surface area contributed by atoms with Gasteiger partial charge in [-0.05, 0) is 12.8 Å². The van der Waals surface area contributed by atoms with Gasteiger partial charge in [0, 0.05) is 0 Å². The van der Waals surface area contributed by atoms with E-state index in [-0.39, 0.29) is 0 Å². The Balaban J connectivity index is 0.000000377. The van der Waals surface area contributed by atoms with Crippen molar-refractivity contribution in [1.29, 1.82) is 0 Å². The fourth-order valence-electron chi connectivity index (χ4n) is 6.02. The zero-order chi connectivity index (χ0) is 28.2. The van der Waals surface area contributed by atoms with Crippen LogP contribution in [0.15, 0.2) is 91.0 Å². The monoisotopic (exact) mass is 527 g/mol. The smallest absolute Gasteiger partial charge is 0.0814 e. The van der Waals surface area contributed by atoms with E-state index in [0.29, 0.717) is 0 Å². The van der Waals surface area contributed by atoms with Crippen LogP contribution in [-0.2, 0) is 0 Å². The Kier molecular flexibility index (Phi) is 15.9. The summed E-state index contributed by atoms with van der Waals surface area (Å²) in [5.74, 6) is 0. The van der Waals surface area contributed by atoms with E-state index >= 15 is 0 Å². The van der Waals surface area contributed by atoms with Crippen LogP contribution >= 0.6 is 0 Å². The van der Waals surface area contributed by atoms with Crippen molar-refractivity contribution in [2.24, 2.45) is 0 Å². The van der Waals surface area contributed by atoms with Gasteiger partial charge in [0.15, 0.2) is 0 Å². The molecule has 214 valence electrons. The maximum absolute atomic E-state index is 2.33. The molecule has 0 atom stereocenters. The average molecular weight is 528 g/mol. The first-order valence-corrected chi connectivity index (χ1v) is 16.1. The summed E-state index contributed by atoms with van der Waals surface area (Å²) < 4.78 is 1.12. The summed E-state index contributed by atoms with van der Waals surface area (Å²) in [4.78, 5) is 0. The maximum Gasteiger partial charge on any atom is 0.0814 e. The van der Waals surface area contributed by atoms with Gasteiger partial charge < -0.3 is 4.48 Å². The second kappa shape index (κ2) is 18.9.